The Bertz CT molecular complexity index is 497. The fraction of sp³-hybridized carbons (Fsp3) is 0.0769. The average Bonchev–Trinajstić information content (AvgIpc) is 2.27. The first-order valence-corrected chi connectivity index (χ1v) is 5.74. The summed E-state index contributed by atoms with van der Waals surface area (Å²) in [5, 5.41) is 0. The number of ether oxygens (including phenoxy) is 1. The summed E-state index contributed by atoms with van der Waals surface area (Å²) in [7, 11) is 0. The van der Waals surface area contributed by atoms with Crippen molar-refractivity contribution in [2.75, 3.05) is 5.73 Å². The third-order valence-electron chi connectivity index (χ3n) is 2.27. The molecular formula is C13H12BrNO. The highest BCUT2D eigenvalue weighted by Crippen LogP contribution is 2.31. The van der Waals surface area contributed by atoms with Crippen LogP contribution in [0.15, 0.2) is 46.9 Å². The summed E-state index contributed by atoms with van der Waals surface area (Å²) < 4.78 is 6.61. The molecular weight excluding hydrogens is 266 g/mol. The highest BCUT2D eigenvalue weighted by molar-refractivity contribution is 9.10. The second-order valence-electron chi connectivity index (χ2n) is 3.55. The van der Waals surface area contributed by atoms with Crippen LogP contribution in [0.25, 0.3) is 0 Å². The molecule has 0 aliphatic heterocycles. The maximum Gasteiger partial charge on any atom is 0.131 e. The summed E-state index contributed by atoms with van der Waals surface area (Å²) >= 11 is 3.39. The number of rotatable bonds is 2. The van der Waals surface area contributed by atoms with Crippen molar-refractivity contribution in [2.45, 2.75) is 6.92 Å². The summed E-state index contributed by atoms with van der Waals surface area (Å²) in [5.41, 5.74) is 7.52. The van der Waals surface area contributed by atoms with Crippen LogP contribution in [-0.2, 0) is 0 Å². The van der Waals surface area contributed by atoms with E-state index in [1.54, 1.807) is 0 Å². The van der Waals surface area contributed by atoms with E-state index in [1.165, 1.54) is 0 Å². The number of halogens is 1. The molecule has 2 nitrogen and oxygen atoms in total. The lowest BCUT2D eigenvalue weighted by molar-refractivity contribution is 0.478. The van der Waals surface area contributed by atoms with Crippen molar-refractivity contribution < 1.29 is 4.74 Å². The Balaban J connectivity index is 2.32. The molecule has 0 saturated heterocycles. The van der Waals surface area contributed by atoms with Crippen molar-refractivity contribution >= 4 is 21.6 Å². The fourth-order valence-electron chi connectivity index (χ4n) is 1.41. The maximum atomic E-state index is 5.78. The molecule has 0 atom stereocenters. The van der Waals surface area contributed by atoms with Crippen LogP contribution in [0.2, 0.25) is 0 Å². The summed E-state index contributed by atoms with van der Waals surface area (Å²) in [6.07, 6.45) is 0. The summed E-state index contributed by atoms with van der Waals surface area (Å²) in [5.74, 6) is 1.63. The summed E-state index contributed by atoms with van der Waals surface area (Å²) in [6, 6.07) is 13.5. The van der Waals surface area contributed by atoms with Crippen molar-refractivity contribution in [1.29, 1.82) is 0 Å². The number of para-hydroxylation sites is 1. The molecule has 0 fully saturated rings. The van der Waals surface area contributed by atoms with E-state index in [9.17, 15) is 0 Å². The van der Waals surface area contributed by atoms with Gasteiger partial charge in [0.1, 0.15) is 11.5 Å². The topological polar surface area (TPSA) is 35.2 Å². The number of aryl methyl sites for hydroxylation is 1. The molecule has 0 amide bonds. The van der Waals surface area contributed by atoms with E-state index in [1.807, 2.05) is 49.4 Å². The van der Waals surface area contributed by atoms with E-state index in [0.717, 1.165) is 27.2 Å². The molecule has 0 saturated carbocycles. The van der Waals surface area contributed by atoms with E-state index in [-0.39, 0.29) is 0 Å². The highest BCUT2D eigenvalue weighted by Gasteiger charge is 2.05. The van der Waals surface area contributed by atoms with Gasteiger partial charge in [-0.1, -0.05) is 18.2 Å². The van der Waals surface area contributed by atoms with Crippen LogP contribution >= 0.6 is 15.9 Å². The van der Waals surface area contributed by atoms with Gasteiger partial charge in [0.15, 0.2) is 0 Å². The number of nitrogens with two attached hydrogens (primary N) is 1. The second-order valence-corrected chi connectivity index (χ2v) is 4.41. The van der Waals surface area contributed by atoms with Gasteiger partial charge in [0.25, 0.3) is 0 Å². The average molecular weight is 278 g/mol. The molecule has 2 rings (SSSR count). The van der Waals surface area contributed by atoms with Gasteiger partial charge in [0, 0.05) is 10.2 Å². The Kier molecular flexibility index (Phi) is 3.15. The van der Waals surface area contributed by atoms with Gasteiger partial charge >= 0.3 is 0 Å². The predicted molar refractivity (Wildman–Crippen MR) is 69.8 cm³/mol. The Morgan fingerprint density at radius 2 is 1.81 bits per heavy atom. The number of anilines is 1. The van der Waals surface area contributed by atoms with Gasteiger partial charge in [-0.15, -0.1) is 0 Å². The number of hydrogen-bond acceptors (Lipinski definition) is 2. The third kappa shape index (κ3) is 2.36. The quantitative estimate of drug-likeness (QED) is 0.838. The molecule has 0 heterocycles. The first kappa shape index (κ1) is 11.0. The lowest BCUT2D eigenvalue weighted by Gasteiger charge is -2.10. The van der Waals surface area contributed by atoms with Gasteiger partial charge in [0.2, 0.25) is 0 Å². The number of benzene rings is 2. The Labute approximate surface area is 103 Å². The molecule has 0 radical (unpaired) electrons. The zero-order valence-electron chi connectivity index (χ0n) is 8.91. The molecule has 82 valence electrons. The molecule has 0 aliphatic carbocycles. The van der Waals surface area contributed by atoms with Crippen molar-refractivity contribution in [1.82, 2.24) is 0 Å². The molecule has 0 aliphatic rings. The molecule has 2 N–H and O–H groups in total. The van der Waals surface area contributed by atoms with E-state index >= 15 is 0 Å². The van der Waals surface area contributed by atoms with Crippen LogP contribution in [0.4, 0.5) is 5.69 Å². The van der Waals surface area contributed by atoms with Gasteiger partial charge < -0.3 is 10.5 Å². The zero-order valence-corrected chi connectivity index (χ0v) is 10.5. The smallest absolute Gasteiger partial charge is 0.131 e. The van der Waals surface area contributed by atoms with Crippen LogP contribution in [0.1, 0.15) is 5.56 Å². The minimum atomic E-state index is 0.720. The molecule has 3 heteroatoms. The van der Waals surface area contributed by atoms with Crippen LogP contribution in [0.3, 0.4) is 0 Å². The third-order valence-corrected chi connectivity index (χ3v) is 2.95. The standard InChI is InChI=1S/C13H12BrNO/c1-9-7-12(15)11(14)8-13(9)16-10-5-3-2-4-6-10/h2-8H,15H2,1H3. The van der Waals surface area contributed by atoms with Crippen LogP contribution < -0.4 is 10.5 Å². The SMILES string of the molecule is Cc1cc(N)c(Br)cc1Oc1ccccc1. The minimum absolute atomic E-state index is 0.720. The Morgan fingerprint density at radius 1 is 1.12 bits per heavy atom. The Hall–Kier alpha value is -1.48. The fourth-order valence-corrected chi connectivity index (χ4v) is 1.73. The van der Waals surface area contributed by atoms with Crippen LogP contribution in [0, 0.1) is 6.92 Å². The molecule has 0 bridgehead atoms. The van der Waals surface area contributed by atoms with Gasteiger partial charge in [0.05, 0.1) is 0 Å². The number of nitrogen functional groups attached to an aromatic ring is 1. The molecule has 2 aromatic carbocycles. The summed E-state index contributed by atoms with van der Waals surface area (Å²) in [4.78, 5) is 0. The monoisotopic (exact) mass is 277 g/mol. The lowest BCUT2D eigenvalue weighted by atomic mass is 10.2. The minimum Gasteiger partial charge on any atom is -0.457 e. The van der Waals surface area contributed by atoms with Crippen molar-refractivity contribution in [3.05, 3.63) is 52.5 Å². The van der Waals surface area contributed by atoms with Crippen molar-refractivity contribution in [3.8, 4) is 11.5 Å². The first-order chi connectivity index (χ1) is 7.66. The lowest BCUT2D eigenvalue weighted by Crippen LogP contribution is -1.92. The zero-order chi connectivity index (χ0) is 11.5. The molecule has 2 aromatic rings. The predicted octanol–water partition coefficient (Wildman–Crippen LogP) is 4.13. The van der Waals surface area contributed by atoms with E-state index in [0.29, 0.717) is 0 Å². The van der Waals surface area contributed by atoms with E-state index in [4.69, 9.17) is 10.5 Å². The second kappa shape index (κ2) is 4.58. The summed E-state index contributed by atoms with van der Waals surface area (Å²) in [6.45, 7) is 1.97. The highest BCUT2D eigenvalue weighted by atomic mass is 79.9. The van der Waals surface area contributed by atoms with Gasteiger partial charge in [-0.3, -0.25) is 0 Å². The number of hydrogen-bond donors (Lipinski definition) is 1. The largest absolute Gasteiger partial charge is 0.457 e. The normalized spacial score (nSPS) is 10.1. The van der Waals surface area contributed by atoms with Crippen molar-refractivity contribution in [3.63, 3.8) is 0 Å². The maximum absolute atomic E-state index is 5.78. The van der Waals surface area contributed by atoms with Gasteiger partial charge in [-0.25, -0.2) is 0 Å². The van der Waals surface area contributed by atoms with Crippen molar-refractivity contribution in [2.24, 2.45) is 0 Å². The van der Waals surface area contributed by atoms with Gasteiger partial charge in [-0.2, -0.15) is 0 Å². The van der Waals surface area contributed by atoms with Crippen LogP contribution in [-0.4, -0.2) is 0 Å². The van der Waals surface area contributed by atoms with Gasteiger partial charge in [-0.05, 0) is 52.7 Å². The molecule has 0 aromatic heterocycles. The Morgan fingerprint density at radius 3 is 2.50 bits per heavy atom. The van der Waals surface area contributed by atoms with Crippen LogP contribution in [0.5, 0.6) is 11.5 Å². The molecule has 0 unspecified atom stereocenters. The van der Waals surface area contributed by atoms with E-state index < -0.39 is 0 Å². The molecule has 16 heavy (non-hydrogen) atoms. The molecule has 0 spiro atoms. The van der Waals surface area contributed by atoms with E-state index in [2.05, 4.69) is 15.9 Å². The first-order valence-electron chi connectivity index (χ1n) is 4.95.